The van der Waals surface area contributed by atoms with Gasteiger partial charge < -0.3 is 15.2 Å². The summed E-state index contributed by atoms with van der Waals surface area (Å²) in [6.07, 6.45) is 3.19. The molecule has 1 aliphatic rings. The van der Waals surface area contributed by atoms with Gasteiger partial charge in [0.1, 0.15) is 5.75 Å². The normalized spacial score (nSPS) is 22.3. The number of phenolic OH excluding ortho intramolecular Hbond substituents is 1. The molecule has 0 amide bonds. The zero-order valence-electron chi connectivity index (χ0n) is 16.2. The van der Waals surface area contributed by atoms with Gasteiger partial charge in [-0.15, -0.1) is 0 Å². The van der Waals surface area contributed by atoms with Crippen LogP contribution in [0.15, 0.2) is 48.5 Å². The number of aromatic hydroxyl groups is 1. The summed E-state index contributed by atoms with van der Waals surface area (Å²) in [5.74, 6) is 0.326. The average molecular weight is 354 g/mol. The van der Waals surface area contributed by atoms with E-state index >= 15 is 0 Å². The van der Waals surface area contributed by atoms with Crippen LogP contribution in [0.25, 0.3) is 0 Å². The number of aryl methyl sites for hydroxylation is 1. The van der Waals surface area contributed by atoms with Crippen LogP contribution in [0.2, 0.25) is 0 Å². The molecule has 3 nitrogen and oxygen atoms in total. The van der Waals surface area contributed by atoms with Gasteiger partial charge in [0.2, 0.25) is 0 Å². The molecule has 3 heteroatoms. The summed E-state index contributed by atoms with van der Waals surface area (Å²) in [6.45, 7) is 9.08. The van der Waals surface area contributed by atoms with E-state index in [1.807, 2.05) is 18.2 Å². The molecule has 0 aliphatic carbocycles. The Labute approximate surface area is 157 Å². The molecule has 1 aliphatic heterocycles. The van der Waals surface area contributed by atoms with Crippen molar-refractivity contribution in [3.63, 3.8) is 0 Å². The average Bonchev–Trinajstić information content (AvgIpc) is 2.58. The van der Waals surface area contributed by atoms with E-state index in [-0.39, 0.29) is 11.0 Å². The maximum Gasteiger partial charge on any atom is 0.115 e. The van der Waals surface area contributed by atoms with Crippen molar-refractivity contribution in [2.75, 3.05) is 13.2 Å². The van der Waals surface area contributed by atoms with Crippen molar-refractivity contribution in [3.05, 3.63) is 65.2 Å². The summed E-state index contributed by atoms with van der Waals surface area (Å²) in [5.41, 5.74) is 3.91. The summed E-state index contributed by atoms with van der Waals surface area (Å²) >= 11 is 0. The molecule has 0 spiro atoms. The molecule has 2 aromatic carbocycles. The van der Waals surface area contributed by atoms with Crippen molar-refractivity contribution in [3.8, 4) is 5.75 Å². The van der Waals surface area contributed by atoms with Crippen LogP contribution in [0.1, 0.15) is 49.8 Å². The summed E-state index contributed by atoms with van der Waals surface area (Å²) < 4.78 is 6.01. The Morgan fingerprint density at radius 1 is 1.12 bits per heavy atom. The van der Waals surface area contributed by atoms with Crippen molar-refractivity contribution < 1.29 is 9.84 Å². The van der Waals surface area contributed by atoms with Crippen molar-refractivity contribution in [1.29, 1.82) is 0 Å². The second kappa shape index (κ2) is 7.81. The van der Waals surface area contributed by atoms with Crippen LogP contribution in [0.4, 0.5) is 0 Å². The predicted octanol–water partition coefficient (Wildman–Crippen LogP) is 4.71. The lowest BCUT2D eigenvalue weighted by molar-refractivity contribution is -0.0840. The van der Waals surface area contributed by atoms with Crippen LogP contribution < -0.4 is 5.32 Å². The molecule has 3 rings (SSSR count). The van der Waals surface area contributed by atoms with Gasteiger partial charge in [-0.1, -0.05) is 42.0 Å². The van der Waals surface area contributed by atoms with Gasteiger partial charge in [-0.3, -0.25) is 0 Å². The van der Waals surface area contributed by atoms with Gasteiger partial charge in [-0.25, -0.2) is 0 Å². The second-order valence-corrected chi connectivity index (χ2v) is 8.28. The molecule has 0 radical (unpaired) electrons. The van der Waals surface area contributed by atoms with Gasteiger partial charge >= 0.3 is 0 Å². The fraction of sp³-hybridized carbons (Fsp3) is 0.478. The topological polar surface area (TPSA) is 41.5 Å². The molecule has 1 saturated heterocycles. The number of rotatable bonds is 6. The van der Waals surface area contributed by atoms with Gasteiger partial charge in [0, 0.05) is 18.6 Å². The number of ether oxygens (including phenoxy) is 1. The highest BCUT2D eigenvalue weighted by Gasteiger charge is 2.41. The lowest BCUT2D eigenvalue weighted by Gasteiger charge is -2.45. The molecule has 0 aromatic heterocycles. The van der Waals surface area contributed by atoms with Gasteiger partial charge in [0.25, 0.3) is 0 Å². The SMILES string of the molecule is Cc1ccc(C2(CCNCc3cccc(O)c3)CCOC(C)(C)C2)cc1. The van der Waals surface area contributed by atoms with E-state index in [1.165, 1.54) is 11.1 Å². The number of hydrogen-bond donors (Lipinski definition) is 2. The standard InChI is InChI=1S/C23H31NO2/c1-18-7-9-20(10-8-18)23(12-14-26-22(2,3)17-23)11-13-24-16-19-5-4-6-21(25)15-19/h4-10,15,24-25H,11-14,16-17H2,1-3H3. The van der Waals surface area contributed by atoms with Gasteiger partial charge in [0.05, 0.1) is 5.60 Å². The molecule has 140 valence electrons. The molecule has 1 unspecified atom stereocenters. The largest absolute Gasteiger partial charge is 0.508 e. The molecule has 1 fully saturated rings. The van der Waals surface area contributed by atoms with Crippen molar-refractivity contribution in [2.24, 2.45) is 0 Å². The smallest absolute Gasteiger partial charge is 0.115 e. The number of hydrogen-bond acceptors (Lipinski definition) is 3. The van der Waals surface area contributed by atoms with Crippen LogP contribution in [0.3, 0.4) is 0 Å². The Morgan fingerprint density at radius 2 is 1.88 bits per heavy atom. The van der Waals surface area contributed by atoms with Crippen LogP contribution in [0.5, 0.6) is 5.75 Å². The summed E-state index contributed by atoms with van der Waals surface area (Å²) in [7, 11) is 0. The Kier molecular flexibility index (Phi) is 5.69. The lowest BCUT2D eigenvalue weighted by Crippen LogP contribution is -2.45. The molecule has 2 aromatic rings. The Bertz CT molecular complexity index is 723. The van der Waals surface area contributed by atoms with Crippen LogP contribution in [-0.4, -0.2) is 23.9 Å². The fourth-order valence-corrected chi connectivity index (χ4v) is 4.22. The van der Waals surface area contributed by atoms with E-state index in [9.17, 15) is 5.11 Å². The first kappa shape index (κ1) is 18.9. The minimum absolute atomic E-state index is 0.0889. The van der Waals surface area contributed by atoms with Crippen LogP contribution in [0, 0.1) is 6.92 Å². The molecule has 1 atom stereocenters. The number of benzene rings is 2. The van der Waals surface area contributed by atoms with E-state index in [1.54, 1.807) is 6.07 Å². The van der Waals surface area contributed by atoms with Crippen molar-refractivity contribution >= 4 is 0 Å². The predicted molar refractivity (Wildman–Crippen MR) is 107 cm³/mol. The van der Waals surface area contributed by atoms with E-state index in [2.05, 4.69) is 50.4 Å². The first-order valence-electron chi connectivity index (χ1n) is 9.58. The maximum absolute atomic E-state index is 9.60. The fourth-order valence-electron chi connectivity index (χ4n) is 4.22. The van der Waals surface area contributed by atoms with E-state index < -0.39 is 0 Å². The highest BCUT2D eigenvalue weighted by atomic mass is 16.5. The zero-order valence-corrected chi connectivity index (χ0v) is 16.2. The van der Waals surface area contributed by atoms with Gasteiger partial charge in [-0.05, 0) is 69.8 Å². The summed E-state index contributed by atoms with van der Waals surface area (Å²) in [4.78, 5) is 0. The first-order chi connectivity index (χ1) is 12.4. The quantitative estimate of drug-likeness (QED) is 0.739. The Morgan fingerprint density at radius 3 is 2.58 bits per heavy atom. The highest BCUT2D eigenvalue weighted by molar-refractivity contribution is 5.30. The lowest BCUT2D eigenvalue weighted by atomic mass is 9.67. The number of nitrogens with one attached hydrogen (secondary N) is 1. The van der Waals surface area contributed by atoms with E-state index in [0.717, 1.165) is 44.5 Å². The molecule has 1 heterocycles. The minimum Gasteiger partial charge on any atom is -0.508 e. The summed E-state index contributed by atoms with van der Waals surface area (Å²) in [5, 5.41) is 13.2. The number of phenols is 1. The third-order valence-electron chi connectivity index (χ3n) is 5.52. The van der Waals surface area contributed by atoms with E-state index in [4.69, 9.17) is 4.74 Å². The molecule has 0 bridgehead atoms. The molecule has 26 heavy (non-hydrogen) atoms. The zero-order chi connectivity index (χ0) is 18.6. The minimum atomic E-state index is -0.0889. The third kappa shape index (κ3) is 4.66. The van der Waals surface area contributed by atoms with Crippen LogP contribution >= 0.6 is 0 Å². The first-order valence-corrected chi connectivity index (χ1v) is 9.58. The summed E-state index contributed by atoms with van der Waals surface area (Å²) in [6, 6.07) is 16.5. The highest BCUT2D eigenvalue weighted by Crippen LogP contribution is 2.43. The van der Waals surface area contributed by atoms with Crippen molar-refractivity contribution in [2.45, 2.75) is 57.6 Å². The maximum atomic E-state index is 9.60. The molecule has 0 saturated carbocycles. The second-order valence-electron chi connectivity index (χ2n) is 8.28. The van der Waals surface area contributed by atoms with E-state index in [0.29, 0.717) is 5.75 Å². The molecular formula is C23H31NO2. The van der Waals surface area contributed by atoms with Crippen LogP contribution in [-0.2, 0) is 16.7 Å². The Hall–Kier alpha value is -1.84. The molecular weight excluding hydrogens is 322 g/mol. The Balaban J connectivity index is 1.69. The molecule has 2 N–H and O–H groups in total. The monoisotopic (exact) mass is 353 g/mol. The van der Waals surface area contributed by atoms with Gasteiger partial charge in [-0.2, -0.15) is 0 Å². The van der Waals surface area contributed by atoms with Crippen molar-refractivity contribution in [1.82, 2.24) is 5.32 Å². The van der Waals surface area contributed by atoms with Gasteiger partial charge in [0.15, 0.2) is 0 Å². The third-order valence-corrected chi connectivity index (χ3v) is 5.52.